The van der Waals surface area contributed by atoms with Gasteiger partial charge in [0.15, 0.2) is 0 Å². The maximum Gasteiger partial charge on any atom is 0.0404 e. The molecule has 0 atom stereocenters. The topological polar surface area (TPSA) is 12.9 Å². The lowest BCUT2D eigenvalue weighted by Crippen LogP contribution is -1.87. The van der Waals surface area contributed by atoms with Gasteiger partial charge in [0.25, 0.3) is 0 Å². The van der Waals surface area contributed by atoms with E-state index in [4.69, 9.17) is 0 Å². The molecular weight excluding hydrogens is 110 g/mol. The van der Waals surface area contributed by atoms with Crippen molar-refractivity contribution in [2.45, 2.75) is 13.3 Å². The zero-order valence-corrected chi connectivity index (χ0v) is 5.59. The predicted molar refractivity (Wildman–Crippen MR) is 38.0 cm³/mol. The molecule has 1 heterocycles. The third-order valence-corrected chi connectivity index (χ3v) is 1.39. The first kappa shape index (κ1) is 6.27. The molecule has 9 heavy (non-hydrogen) atoms. The van der Waals surface area contributed by atoms with Crippen molar-refractivity contribution in [1.82, 2.24) is 4.98 Å². The molecule has 0 fully saturated rings. The minimum atomic E-state index is 0.833. The van der Waals surface area contributed by atoms with Crippen LogP contribution in [-0.2, 0) is 6.42 Å². The maximum absolute atomic E-state index is 4.11. The quantitative estimate of drug-likeness (QED) is 0.550. The van der Waals surface area contributed by atoms with Crippen molar-refractivity contribution in [3.05, 3.63) is 36.5 Å². The molecule has 0 N–H and O–H groups in total. The molecule has 1 aromatic rings. The smallest absolute Gasteiger partial charge is 0.0404 e. The van der Waals surface area contributed by atoms with Crippen LogP contribution in [-0.4, -0.2) is 4.98 Å². The van der Waals surface area contributed by atoms with Gasteiger partial charge in [0.1, 0.15) is 0 Å². The predicted octanol–water partition coefficient (Wildman–Crippen LogP) is 1.77. The molecule has 0 aliphatic rings. The fourth-order valence-electron chi connectivity index (χ4n) is 0.782. The van der Waals surface area contributed by atoms with Gasteiger partial charge in [-0.2, -0.15) is 0 Å². The van der Waals surface area contributed by atoms with E-state index in [9.17, 15) is 0 Å². The van der Waals surface area contributed by atoms with Crippen molar-refractivity contribution in [3.8, 4) is 0 Å². The van der Waals surface area contributed by atoms with E-state index in [2.05, 4.69) is 18.0 Å². The van der Waals surface area contributed by atoms with Gasteiger partial charge >= 0.3 is 0 Å². The summed E-state index contributed by atoms with van der Waals surface area (Å²) < 4.78 is 0. The maximum atomic E-state index is 4.11. The summed E-state index contributed by atoms with van der Waals surface area (Å²) in [7, 11) is 0. The Morgan fingerprint density at radius 1 is 1.67 bits per heavy atom. The van der Waals surface area contributed by atoms with Gasteiger partial charge < -0.3 is 0 Å². The SMILES string of the molecule is [CH2]Cc1cccnc1C. The summed E-state index contributed by atoms with van der Waals surface area (Å²) >= 11 is 0. The molecule has 1 nitrogen and oxygen atoms in total. The molecule has 0 aliphatic heterocycles. The van der Waals surface area contributed by atoms with Crippen molar-refractivity contribution in [1.29, 1.82) is 0 Å². The van der Waals surface area contributed by atoms with Gasteiger partial charge in [-0.25, -0.2) is 0 Å². The largest absolute Gasteiger partial charge is 0.261 e. The van der Waals surface area contributed by atoms with Crippen molar-refractivity contribution in [3.63, 3.8) is 0 Å². The van der Waals surface area contributed by atoms with Gasteiger partial charge in [-0.1, -0.05) is 6.07 Å². The molecule has 1 aromatic heterocycles. The molecule has 47 valence electrons. The number of nitrogens with zero attached hydrogens (tertiary/aromatic N) is 1. The molecule has 1 rings (SSSR count). The lowest BCUT2D eigenvalue weighted by Gasteiger charge is -1.97. The highest BCUT2D eigenvalue weighted by molar-refractivity contribution is 5.18. The molecule has 0 saturated heterocycles. The van der Waals surface area contributed by atoms with Crippen LogP contribution in [0.15, 0.2) is 18.3 Å². The fraction of sp³-hybridized carbons (Fsp3) is 0.250. The first-order valence-corrected chi connectivity index (χ1v) is 3.04. The van der Waals surface area contributed by atoms with Gasteiger partial charge in [-0.3, -0.25) is 4.98 Å². The second kappa shape index (κ2) is 2.62. The van der Waals surface area contributed by atoms with E-state index < -0.39 is 0 Å². The van der Waals surface area contributed by atoms with Crippen LogP contribution in [0, 0.1) is 13.8 Å². The molecule has 0 amide bonds. The van der Waals surface area contributed by atoms with Crippen LogP contribution in [0.25, 0.3) is 0 Å². The summed E-state index contributed by atoms with van der Waals surface area (Å²) in [4.78, 5) is 4.11. The average molecular weight is 120 g/mol. The molecule has 0 aliphatic carbocycles. The summed E-state index contributed by atoms with van der Waals surface area (Å²) in [5.74, 6) is 0. The molecule has 0 spiro atoms. The number of rotatable bonds is 1. The van der Waals surface area contributed by atoms with Gasteiger partial charge in [0.05, 0.1) is 0 Å². The minimum Gasteiger partial charge on any atom is -0.261 e. The zero-order valence-electron chi connectivity index (χ0n) is 5.59. The standard InChI is InChI=1S/C8H10N/c1-3-8-5-4-6-9-7(8)2/h4-6H,1,3H2,2H3. The number of aryl methyl sites for hydroxylation is 1. The Hall–Kier alpha value is -0.850. The van der Waals surface area contributed by atoms with Crippen LogP contribution in [0.2, 0.25) is 0 Å². The van der Waals surface area contributed by atoms with Gasteiger partial charge in [-0.05, 0) is 31.9 Å². The van der Waals surface area contributed by atoms with Gasteiger partial charge in [-0.15, -0.1) is 0 Å². The first-order chi connectivity index (χ1) is 4.34. The molecule has 0 unspecified atom stereocenters. The van der Waals surface area contributed by atoms with Crippen molar-refractivity contribution in [2.24, 2.45) is 0 Å². The number of aromatic nitrogens is 1. The molecule has 0 saturated carbocycles. The van der Waals surface area contributed by atoms with E-state index in [-0.39, 0.29) is 0 Å². The van der Waals surface area contributed by atoms with E-state index in [1.54, 1.807) is 6.20 Å². The van der Waals surface area contributed by atoms with Crippen LogP contribution < -0.4 is 0 Å². The monoisotopic (exact) mass is 120 g/mol. The highest BCUT2D eigenvalue weighted by Crippen LogP contribution is 2.02. The van der Waals surface area contributed by atoms with Crippen LogP contribution >= 0.6 is 0 Å². The Kier molecular flexibility index (Phi) is 1.83. The van der Waals surface area contributed by atoms with Crippen LogP contribution in [0.4, 0.5) is 0 Å². The summed E-state index contributed by atoms with van der Waals surface area (Å²) in [5.41, 5.74) is 2.32. The highest BCUT2D eigenvalue weighted by atomic mass is 14.7. The van der Waals surface area contributed by atoms with E-state index in [1.165, 1.54) is 5.56 Å². The van der Waals surface area contributed by atoms with Crippen LogP contribution in [0.3, 0.4) is 0 Å². The Balaban J connectivity index is 3.01. The lowest BCUT2D eigenvalue weighted by molar-refractivity contribution is 1.10. The van der Waals surface area contributed by atoms with Crippen LogP contribution in [0.5, 0.6) is 0 Å². The normalized spacial score (nSPS) is 9.56. The second-order valence-corrected chi connectivity index (χ2v) is 2.00. The third kappa shape index (κ3) is 1.28. The van der Waals surface area contributed by atoms with E-state index in [0.29, 0.717) is 0 Å². The fourth-order valence-corrected chi connectivity index (χ4v) is 0.782. The minimum absolute atomic E-state index is 0.833. The van der Waals surface area contributed by atoms with Crippen molar-refractivity contribution >= 4 is 0 Å². The number of hydrogen-bond acceptors (Lipinski definition) is 1. The molecule has 1 radical (unpaired) electrons. The summed E-state index contributed by atoms with van der Waals surface area (Å²) in [6.07, 6.45) is 2.63. The molecule has 0 bridgehead atoms. The third-order valence-electron chi connectivity index (χ3n) is 1.39. The van der Waals surface area contributed by atoms with Gasteiger partial charge in [0.2, 0.25) is 0 Å². The number of pyridine rings is 1. The van der Waals surface area contributed by atoms with Crippen molar-refractivity contribution in [2.75, 3.05) is 0 Å². The average Bonchev–Trinajstić information content (AvgIpc) is 1.89. The Bertz CT molecular complexity index is 194. The van der Waals surface area contributed by atoms with E-state index >= 15 is 0 Å². The molecule has 0 aromatic carbocycles. The zero-order chi connectivity index (χ0) is 6.69. The Morgan fingerprint density at radius 2 is 2.44 bits per heavy atom. The lowest BCUT2D eigenvalue weighted by atomic mass is 10.2. The molecule has 1 heteroatoms. The number of hydrogen-bond donors (Lipinski definition) is 0. The van der Waals surface area contributed by atoms with Crippen LogP contribution in [0.1, 0.15) is 11.3 Å². The summed E-state index contributed by atoms with van der Waals surface area (Å²) in [6.45, 7) is 5.78. The Labute approximate surface area is 55.7 Å². The molecular formula is C8H10N. The first-order valence-electron chi connectivity index (χ1n) is 3.04. The van der Waals surface area contributed by atoms with Crippen molar-refractivity contribution < 1.29 is 0 Å². The highest BCUT2D eigenvalue weighted by Gasteiger charge is 1.91. The van der Waals surface area contributed by atoms with E-state index in [1.807, 2.05) is 13.0 Å². The Morgan fingerprint density at radius 3 is 2.89 bits per heavy atom. The van der Waals surface area contributed by atoms with Gasteiger partial charge in [0, 0.05) is 11.9 Å². The second-order valence-electron chi connectivity index (χ2n) is 2.00. The summed E-state index contributed by atoms with van der Waals surface area (Å²) in [5, 5.41) is 0. The van der Waals surface area contributed by atoms with E-state index in [0.717, 1.165) is 12.1 Å². The summed E-state index contributed by atoms with van der Waals surface area (Å²) in [6, 6.07) is 3.99.